The topological polar surface area (TPSA) is 58.4 Å². The molecule has 3 aliphatic rings. The highest BCUT2D eigenvalue weighted by molar-refractivity contribution is 5.85. The Hall–Kier alpha value is -0.320. The molecule has 3 rings (SSSR count). The summed E-state index contributed by atoms with van der Waals surface area (Å²) in [5.41, 5.74) is 5.77. The molecule has 1 aliphatic heterocycles. The molecule has 3 fully saturated rings. The van der Waals surface area contributed by atoms with E-state index in [1.807, 2.05) is 0 Å². The van der Waals surface area contributed by atoms with Crippen molar-refractivity contribution in [1.29, 1.82) is 0 Å². The van der Waals surface area contributed by atoms with Crippen molar-refractivity contribution >= 4 is 18.3 Å². The summed E-state index contributed by atoms with van der Waals surface area (Å²) in [6.45, 7) is 5.56. The largest absolute Gasteiger partial charge is 0.352 e. The predicted molar refractivity (Wildman–Crippen MR) is 92.0 cm³/mol. The Labute approximate surface area is 141 Å². The van der Waals surface area contributed by atoms with Crippen molar-refractivity contribution in [2.24, 2.45) is 29.4 Å². The summed E-state index contributed by atoms with van der Waals surface area (Å²) < 4.78 is 0. The maximum Gasteiger partial charge on any atom is 0.234 e. The number of rotatable bonds is 5. The first kappa shape index (κ1) is 18.0. The molecule has 22 heavy (non-hydrogen) atoms. The van der Waals surface area contributed by atoms with Crippen LogP contribution >= 0.6 is 12.4 Å². The molecule has 0 aromatic carbocycles. The molecular weight excluding hydrogens is 298 g/mol. The summed E-state index contributed by atoms with van der Waals surface area (Å²) in [6, 6.07) is 0.350. The van der Waals surface area contributed by atoms with Crippen molar-refractivity contribution in [2.45, 2.75) is 51.5 Å². The van der Waals surface area contributed by atoms with Gasteiger partial charge in [-0.3, -0.25) is 9.69 Å². The van der Waals surface area contributed by atoms with Gasteiger partial charge in [0.25, 0.3) is 0 Å². The van der Waals surface area contributed by atoms with E-state index in [0.29, 0.717) is 18.5 Å². The van der Waals surface area contributed by atoms with Crippen molar-refractivity contribution in [2.75, 3.05) is 26.2 Å². The Kier molecular flexibility index (Phi) is 6.54. The number of carbonyl (C=O) groups is 1. The Morgan fingerprint density at radius 1 is 1.32 bits per heavy atom. The van der Waals surface area contributed by atoms with Crippen LogP contribution in [0, 0.1) is 23.7 Å². The van der Waals surface area contributed by atoms with E-state index < -0.39 is 0 Å². The van der Waals surface area contributed by atoms with Gasteiger partial charge in [0.15, 0.2) is 0 Å². The maximum absolute atomic E-state index is 12.3. The lowest BCUT2D eigenvalue weighted by molar-refractivity contribution is -0.123. The van der Waals surface area contributed by atoms with Crippen molar-refractivity contribution in [3.8, 4) is 0 Å². The van der Waals surface area contributed by atoms with Gasteiger partial charge in [-0.25, -0.2) is 0 Å². The van der Waals surface area contributed by atoms with E-state index in [1.54, 1.807) is 0 Å². The van der Waals surface area contributed by atoms with E-state index in [-0.39, 0.29) is 18.3 Å². The fraction of sp³-hybridized carbons (Fsp3) is 0.941. The number of nitrogens with one attached hydrogen (secondary N) is 1. The van der Waals surface area contributed by atoms with Crippen LogP contribution in [0.2, 0.25) is 0 Å². The summed E-state index contributed by atoms with van der Waals surface area (Å²) in [7, 11) is 0. The van der Waals surface area contributed by atoms with Gasteiger partial charge in [-0.1, -0.05) is 6.42 Å². The molecule has 0 aromatic heterocycles. The molecule has 5 atom stereocenters. The van der Waals surface area contributed by atoms with Crippen LogP contribution in [0.1, 0.15) is 45.4 Å². The van der Waals surface area contributed by atoms with Crippen LogP contribution in [0.3, 0.4) is 0 Å². The number of halogens is 1. The van der Waals surface area contributed by atoms with Crippen LogP contribution in [0.15, 0.2) is 0 Å². The van der Waals surface area contributed by atoms with Gasteiger partial charge in [-0.2, -0.15) is 0 Å². The van der Waals surface area contributed by atoms with Crippen LogP contribution < -0.4 is 11.1 Å². The highest BCUT2D eigenvalue weighted by Gasteiger charge is 2.42. The number of hydrogen-bond donors (Lipinski definition) is 2. The van der Waals surface area contributed by atoms with Crippen molar-refractivity contribution in [3.63, 3.8) is 0 Å². The number of amides is 1. The molecule has 2 saturated carbocycles. The van der Waals surface area contributed by atoms with E-state index >= 15 is 0 Å². The minimum Gasteiger partial charge on any atom is -0.352 e. The first-order chi connectivity index (χ1) is 10.2. The number of carbonyl (C=O) groups excluding carboxylic acids is 1. The Balaban J connectivity index is 0.00000176. The van der Waals surface area contributed by atoms with Gasteiger partial charge in [0, 0.05) is 12.6 Å². The molecule has 1 heterocycles. The maximum atomic E-state index is 12.3. The zero-order chi connectivity index (χ0) is 14.8. The molecular formula is C17H32ClN3O. The number of likely N-dealkylation sites (tertiary alicyclic amines) is 1. The fourth-order valence-electron chi connectivity index (χ4n) is 5.00. The van der Waals surface area contributed by atoms with Gasteiger partial charge in [0.1, 0.15) is 0 Å². The number of nitrogens with two attached hydrogens (primary N) is 1. The van der Waals surface area contributed by atoms with Crippen molar-refractivity contribution in [3.05, 3.63) is 0 Å². The lowest BCUT2D eigenvalue weighted by atomic mass is 9.84. The van der Waals surface area contributed by atoms with E-state index in [1.165, 1.54) is 38.5 Å². The monoisotopic (exact) mass is 329 g/mol. The molecule has 5 heteroatoms. The Morgan fingerprint density at radius 2 is 2.14 bits per heavy atom. The average Bonchev–Trinajstić information content (AvgIpc) is 3.10. The van der Waals surface area contributed by atoms with Gasteiger partial charge in [0.2, 0.25) is 5.91 Å². The Bertz CT molecular complexity index is 379. The first-order valence-electron chi connectivity index (χ1n) is 8.87. The second kappa shape index (κ2) is 7.98. The molecule has 2 aliphatic carbocycles. The van der Waals surface area contributed by atoms with Crippen LogP contribution in [0.4, 0.5) is 0 Å². The SMILES string of the molecule is CC(NC(=O)CN1CCCC(CN)C1)C1CC2CCC1C2.Cl. The van der Waals surface area contributed by atoms with E-state index in [4.69, 9.17) is 5.73 Å². The first-order valence-corrected chi connectivity index (χ1v) is 8.87. The molecule has 128 valence electrons. The van der Waals surface area contributed by atoms with Crippen molar-refractivity contribution in [1.82, 2.24) is 10.2 Å². The smallest absolute Gasteiger partial charge is 0.234 e. The summed E-state index contributed by atoms with van der Waals surface area (Å²) in [4.78, 5) is 14.6. The highest BCUT2D eigenvalue weighted by atomic mass is 35.5. The van der Waals surface area contributed by atoms with Crippen LogP contribution in [-0.2, 0) is 4.79 Å². The van der Waals surface area contributed by atoms with Gasteiger partial charge < -0.3 is 11.1 Å². The van der Waals surface area contributed by atoms with Crippen LogP contribution in [0.25, 0.3) is 0 Å². The number of fused-ring (bicyclic) bond motifs is 2. The molecule has 1 saturated heterocycles. The van der Waals surface area contributed by atoms with E-state index in [0.717, 1.165) is 37.4 Å². The number of nitrogens with zero attached hydrogens (tertiary/aromatic N) is 1. The minimum atomic E-state index is 0. The number of piperidine rings is 1. The molecule has 2 bridgehead atoms. The molecule has 0 radical (unpaired) electrons. The molecule has 0 spiro atoms. The normalized spacial score (nSPS) is 35.9. The molecule has 4 nitrogen and oxygen atoms in total. The summed E-state index contributed by atoms with van der Waals surface area (Å²) in [6.07, 6.45) is 7.96. The van der Waals surface area contributed by atoms with E-state index in [2.05, 4.69) is 17.1 Å². The van der Waals surface area contributed by atoms with Crippen LogP contribution in [-0.4, -0.2) is 43.0 Å². The number of hydrogen-bond acceptors (Lipinski definition) is 3. The molecule has 5 unspecified atom stereocenters. The third-order valence-corrected chi connectivity index (χ3v) is 6.13. The lowest BCUT2D eigenvalue weighted by Crippen LogP contribution is -2.47. The molecule has 3 N–H and O–H groups in total. The average molecular weight is 330 g/mol. The van der Waals surface area contributed by atoms with E-state index in [9.17, 15) is 4.79 Å². The second-order valence-corrected chi connectivity index (χ2v) is 7.67. The summed E-state index contributed by atoms with van der Waals surface area (Å²) in [5, 5.41) is 3.27. The second-order valence-electron chi connectivity index (χ2n) is 7.67. The quantitative estimate of drug-likeness (QED) is 0.811. The zero-order valence-electron chi connectivity index (χ0n) is 13.8. The standard InChI is InChI=1S/C17H31N3O.ClH/c1-12(16-8-13-4-5-15(16)7-13)19-17(21)11-20-6-2-3-14(9-18)10-20;/h12-16H,2-11,18H2,1H3,(H,19,21);1H. The van der Waals surface area contributed by atoms with Gasteiger partial charge >= 0.3 is 0 Å². The molecule has 1 amide bonds. The van der Waals surface area contributed by atoms with Crippen molar-refractivity contribution < 1.29 is 4.79 Å². The summed E-state index contributed by atoms with van der Waals surface area (Å²) >= 11 is 0. The lowest BCUT2D eigenvalue weighted by Gasteiger charge is -2.33. The summed E-state index contributed by atoms with van der Waals surface area (Å²) in [5.74, 6) is 3.34. The van der Waals surface area contributed by atoms with Gasteiger partial charge in [0.05, 0.1) is 6.54 Å². The Morgan fingerprint density at radius 3 is 2.77 bits per heavy atom. The fourth-order valence-corrected chi connectivity index (χ4v) is 5.00. The third-order valence-electron chi connectivity index (χ3n) is 6.13. The van der Waals surface area contributed by atoms with Gasteiger partial charge in [-0.05, 0) is 75.8 Å². The highest BCUT2D eigenvalue weighted by Crippen LogP contribution is 2.49. The predicted octanol–water partition coefficient (Wildman–Crippen LogP) is 2.02. The minimum absolute atomic E-state index is 0. The molecule has 0 aromatic rings. The third kappa shape index (κ3) is 4.15. The van der Waals surface area contributed by atoms with Crippen LogP contribution in [0.5, 0.6) is 0 Å². The zero-order valence-corrected chi connectivity index (χ0v) is 14.6. The van der Waals surface area contributed by atoms with Gasteiger partial charge in [-0.15, -0.1) is 12.4 Å².